The van der Waals surface area contributed by atoms with Crippen molar-refractivity contribution in [1.82, 2.24) is 9.55 Å². The van der Waals surface area contributed by atoms with E-state index in [1.807, 2.05) is 26.0 Å². The minimum Gasteiger partial charge on any atom is -0.504 e. The van der Waals surface area contributed by atoms with Gasteiger partial charge in [0.1, 0.15) is 11.3 Å². The van der Waals surface area contributed by atoms with Gasteiger partial charge in [-0.05, 0) is 55.2 Å². The van der Waals surface area contributed by atoms with E-state index in [9.17, 15) is 9.90 Å². The molecule has 1 saturated carbocycles. The molecule has 0 amide bonds. The molecule has 1 aromatic heterocycles. The second kappa shape index (κ2) is 7.05. The molecule has 0 radical (unpaired) electrons. The van der Waals surface area contributed by atoms with Gasteiger partial charge in [0, 0.05) is 11.5 Å². The second-order valence-electron chi connectivity index (χ2n) is 7.52. The Kier molecular flexibility index (Phi) is 4.56. The smallest absolute Gasteiger partial charge is 0.266 e. The van der Waals surface area contributed by atoms with Crippen molar-refractivity contribution >= 4 is 10.9 Å². The van der Waals surface area contributed by atoms with Gasteiger partial charge >= 0.3 is 0 Å². The monoisotopic (exact) mass is 374 g/mol. The molecule has 1 fully saturated rings. The van der Waals surface area contributed by atoms with Crippen LogP contribution in [-0.2, 0) is 0 Å². The van der Waals surface area contributed by atoms with Crippen LogP contribution in [0.15, 0.2) is 41.2 Å². The van der Waals surface area contributed by atoms with Crippen molar-refractivity contribution in [2.45, 2.75) is 32.6 Å². The van der Waals surface area contributed by atoms with Gasteiger partial charge in [-0.15, -0.1) is 6.42 Å². The van der Waals surface area contributed by atoms with Crippen LogP contribution < -0.4 is 10.3 Å². The number of benzene rings is 2. The fourth-order valence-corrected chi connectivity index (χ4v) is 3.20. The first-order chi connectivity index (χ1) is 13.5. The lowest BCUT2D eigenvalue weighted by Crippen LogP contribution is -2.25. The number of rotatable bonds is 5. The maximum absolute atomic E-state index is 13.4. The SMILES string of the molecule is C#Cc1ccc(-n2c(C(C)C)nc3c(OCC4CC4)c(O)ccc3c2=O)cc1. The molecule has 2 aromatic carbocycles. The normalized spacial score (nSPS) is 13.6. The molecular formula is C23H22N2O3. The minimum absolute atomic E-state index is 0.00544. The summed E-state index contributed by atoms with van der Waals surface area (Å²) in [6.07, 6.45) is 7.71. The lowest BCUT2D eigenvalue weighted by molar-refractivity contribution is 0.287. The van der Waals surface area contributed by atoms with Gasteiger partial charge in [0.05, 0.1) is 17.7 Å². The summed E-state index contributed by atoms with van der Waals surface area (Å²) in [4.78, 5) is 18.1. The van der Waals surface area contributed by atoms with Gasteiger partial charge < -0.3 is 9.84 Å². The molecule has 1 heterocycles. The molecule has 0 bridgehead atoms. The predicted molar refractivity (Wildman–Crippen MR) is 109 cm³/mol. The van der Waals surface area contributed by atoms with Crippen molar-refractivity contribution in [3.63, 3.8) is 0 Å². The van der Waals surface area contributed by atoms with E-state index in [2.05, 4.69) is 5.92 Å². The average Bonchev–Trinajstić information content (AvgIpc) is 3.51. The van der Waals surface area contributed by atoms with Gasteiger partial charge in [0.15, 0.2) is 11.5 Å². The van der Waals surface area contributed by atoms with Crippen LogP contribution in [0.2, 0.25) is 0 Å². The van der Waals surface area contributed by atoms with Crippen molar-refractivity contribution in [3.05, 3.63) is 58.1 Å². The topological polar surface area (TPSA) is 64.3 Å². The fourth-order valence-electron chi connectivity index (χ4n) is 3.20. The molecule has 0 saturated heterocycles. The van der Waals surface area contributed by atoms with Gasteiger partial charge in [0.25, 0.3) is 5.56 Å². The van der Waals surface area contributed by atoms with E-state index in [0.29, 0.717) is 40.7 Å². The van der Waals surface area contributed by atoms with E-state index in [0.717, 1.165) is 18.4 Å². The van der Waals surface area contributed by atoms with E-state index < -0.39 is 0 Å². The van der Waals surface area contributed by atoms with Crippen molar-refractivity contribution in [3.8, 4) is 29.5 Å². The Morgan fingerprint density at radius 1 is 1.25 bits per heavy atom. The Morgan fingerprint density at radius 3 is 2.57 bits per heavy atom. The zero-order chi connectivity index (χ0) is 19.8. The van der Waals surface area contributed by atoms with Crippen LogP contribution >= 0.6 is 0 Å². The van der Waals surface area contributed by atoms with E-state index in [1.165, 1.54) is 6.07 Å². The highest BCUT2D eigenvalue weighted by Crippen LogP contribution is 2.36. The summed E-state index contributed by atoms with van der Waals surface area (Å²) in [6, 6.07) is 10.3. The van der Waals surface area contributed by atoms with Crippen molar-refractivity contribution in [2.24, 2.45) is 5.92 Å². The van der Waals surface area contributed by atoms with Crippen molar-refractivity contribution in [2.75, 3.05) is 6.61 Å². The quantitative estimate of drug-likeness (QED) is 0.686. The summed E-state index contributed by atoms with van der Waals surface area (Å²) in [6.45, 7) is 4.49. The molecule has 3 aromatic rings. The van der Waals surface area contributed by atoms with Crippen molar-refractivity contribution in [1.29, 1.82) is 0 Å². The highest BCUT2D eigenvalue weighted by Gasteiger charge is 2.24. The van der Waals surface area contributed by atoms with Crippen LogP contribution in [0.4, 0.5) is 0 Å². The lowest BCUT2D eigenvalue weighted by atomic mass is 10.1. The van der Waals surface area contributed by atoms with Crippen LogP contribution in [0.25, 0.3) is 16.6 Å². The summed E-state index contributed by atoms with van der Waals surface area (Å²) < 4.78 is 7.46. The molecule has 1 aliphatic carbocycles. The molecule has 5 nitrogen and oxygen atoms in total. The molecule has 0 spiro atoms. The number of hydrogen-bond donors (Lipinski definition) is 1. The van der Waals surface area contributed by atoms with Crippen LogP contribution in [0.3, 0.4) is 0 Å². The molecule has 5 heteroatoms. The Labute approximate surface area is 163 Å². The first-order valence-corrected chi connectivity index (χ1v) is 9.48. The summed E-state index contributed by atoms with van der Waals surface area (Å²) in [5.74, 6) is 3.99. The van der Waals surface area contributed by atoms with Gasteiger partial charge in [-0.2, -0.15) is 0 Å². The van der Waals surface area contributed by atoms with Crippen LogP contribution in [0, 0.1) is 18.3 Å². The number of nitrogens with zero attached hydrogens (tertiary/aromatic N) is 2. The van der Waals surface area contributed by atoms with Crippen LogP contribution in [0.5, 0.6) is 11.5 Å². The third kappa shape index (κ3) is 3.22. The highest BCUT2D eigenvalue weighted by atomic mass is 16.5. The highest BCUT2D eigenvalue weighted by molar-refractivity contribution is 5.86. The minimum atomic E-state index is -0.196. The van der Waals surface area contributed by atoms with Crippen molar-refractivity contribution < 1.29 is 9.84 Å². The third-order valence-corrected chi connectivity index (χ3v) is 4.97. The summed E-state index contributed by atoms with van der Waals surface area (Å²) in [7, 11) is 0. The Hall–Kier alpha value is -3.26. The zero-order valence-electron chi connectivity index (χ0n) is 16.0. The number of ether oxygens (including phenoxy) is 1. The number of fused-ring (bicyclic) bond motifs is 1. The standard InChI is InChI=1S/C23H22N2O3/c1-4-15-7-9-17(10-8-15)25-22(14(2)3)24-20-18(23(25)27)11-12-19(26)21(20)28-13-16-5-6-16/h1,7-12,14,16,26H,5-6,13H2,2-3H3. The number of terminal acetylenes is 1. The van der Waals surface area contributed by atoms with E-state index in [1.54, 1.807) is 22.8 Å². The molecule has 0 aliphatic heterocycles. The largest absolute Gasteiger partial charge is 0.504 e. The van der Waals surface area contributed by atoms with Gasteiger partial charge in [0.2, 0.25) is 0 Å². The number of aromatic hydroxyl groups is 1. The first kappa shape index (κ1) is 18.1. The molecular weight excluding hydrogens is 352 g/mol. The molecule has 0 atom stereocenters. The fraction of sp³-hybridized carbons (Fsp3) is 0.304. The van der Waals surface area contributed by atoms with E-state index >= 15 is 0 Å². The van der Waals surface area contributed by atoms with Gasteiger partial charge in [-0.25, -0.2) is 4.98 Å². The Bertz CT molecular complexity index is 1130. The molecule has 0 unspecified atom stereocenters. The lowest BCUT2D eigenvalue weighted by Gasteiger charge is -2.18. The number of hydrogen-bond acceptors (Lipinski definition) is 4. The van der Waals surface area contributed by atoms with E-state index in [-0.39, 0.29) is 17.2 Å². The van der Waals surface area contributed by atoms with E-state index in [4.69, 9.17) is 16.1 Å². The summed E-state index contributed by atoms with van der Waals surface area (Å²) in [5.41, 5.74) is 1.66. The number of phenolic OH excluding ortho intramolecular Hbond substituents is 1. The van der Waals surface area contributed by atoms with Crippen LogP contribution in [0.1, 0.15) is 44.0 Å². The number of phenols is 1. The first-order valence-electron chi connectivity index (χ1n) is 9.48. The van der Waals surface area contributed by atoms with Crippen LogP contribution in [-0.4, -0.2) is 21.3 Å². The molecule has 4 rings (SSSR count). The molecule has 1 aliphatic rings. The Balaban J connectivity index is 1.94. The third-order valence-electron chi connectivity index (χ3n) is 4.97. The van der Waals surface area contributed by atoms with Gasteiger partial charge in [-0.1, -0.05) is 19.8 Å². The number of aromatic nitrogens is 2. The summed E-state index contributed by atoms with van der Waals surface area (Å²) >= 11 is 0. The average molecular weight is 374 g/mol. The molecule has 142 valence electrons. The van der Waals surface area contributed by atoms with Gasteiger partial charge in [-0.3, -0.25) is 9.36 Å². The zero-order valence-corrected chi connectivity index (χ0v) is 16.0. The maximum atomic E-state index is 13.4. The summed E-state index contributed by atoms with van der Waals surface area (Å²) in [5, 5.41) is 10.7. The predicted octanol–water partition coefficient (Wildman–Crippen LogP) is 3.98. The Morgan fingerprint density at radius 2 is 1.96 bits per heavy atom. The molecule has 28 heavy (non-hydrogen) atoms. The molecule has 1 N–H and O–H groups in total. The maximum Gasteiger partial charge on any atom is 0.266 e. The second-order valence-corrected chi connectivity index (χ2v) is 7.52.